The van der Waals surface area contributed by atoms with E-state index in [2.05, 4.69) is 11.7 Å². The fraction of sp³-hybridized carbons (Fsp3) is 0.250. The van der Waals surface area contributed by atoms with Crippen molar-refractivity contribution in [1.82, 2.24) is 5.01 Å². The van der Waals surface area contributed by atoms with Gasteiger partial charge in [0.15, 0.2) is 0 Å². The Bertz CT molecular complexity index is 119. The lowest BCUT2D eigenvalue weighted by Gasteiger charge is -2.03. The molecule has 1 aliphatic heterocycles. The van der Waals surface area contributed by atoms with E-state index in [4.69, 9.17) is 0 Å². The molecule has 1 aliphatic rings. The van der Waals surface area contributed by atoms with Crippen LogP contribution in [0.4, 0.5) is 0 Å². The molecule has 1 rings (SSSR count). The van der Waals surface area contributed by atoms with E-state index in [9.17, 15) is 0 Å². The highest BCUT2D eigenvalue weighted by Crippen LogP contribution is 2.19. The van der Waals surface area contributed by atoms with Crippen molar-refractivity contribution >= 4 is 17.3 Å². The molecule has 7 heavy (non-hydrogen) atoms. The third-order valence-corrected chi connectivity index (χ3v) is 1.51. The number of hydrazone groups is 1. The summed E-state index contributed by atoms with van der Waals surface area (Å²) in [5.74, 6) is 0. The minimum absolute atomic E-state index is 0.986. The van der Waals surface area contributed by atoms with Crippen LogP contribution in [0.5, 0.6) is 0 Å². The van der Waals surface area contributed by atoms with E-state index < -0.39 is 0 Å². The second-order valence-electron chi connectivity index (χ2n) is 1.26. The fourth-order valence-electron chi connectivity index (χ4n) is 0.296. The molecule has 38 valence electrons. The van der Waals surface area contributed by atoms with Crippen LogP contribution in [0.2, 0.25) is 0 Å². The number of nitrogens with zero attached hydrogens (tertiary/aromatic N) is 2. The van der Waals surface area contributed by atoms with Crippen LogP contribution in [0, 0.1) is 0 Å². The second kappa shape index (κ2) is 1.58. The zero-order chi connectivity index (χ0) is 5.28. The average molecular weight is 114 g/mol. The molecular formula is C4H6N2S. The third-order valence-electron chi connectivity index (χ3n) is 0.770. The summed E-state index contributed by atoms with van der Waals surface area (Å²) in [6.45, 7) is 3.70. The van der Waals surface area contributed by atoms with Crippen molar-refractivity contribution in [3.63, 3.8) is 0 Å². The Labute approximate surface area is 46.9 Å². The molecule has 0 fully saturated rings. The first-order valence-electron chi connectivity index (χ1n) is 1.92. The predicted molar refractivity (Wildman–Crippen MR) is 33.0 cm³/mol. The van der Waals surface area contributed by atoms with Crippen LogP contribution in [0.15, 0.2) is 16.7 Å². The summed E-state index contributed by atoms with van der Waals surface area (Å²) in [5.41, 5.74) is 1.77. The molecule has 0 spiro atoms. The quantitative estimate of drug-likeness (QED) is 0.468. The van der Waals surface area contributed by atoms with E-state index in [-0.39, 0.29) is 0 Å². The maximum absolute atomic E-state index is 3.89. The van der Waals surface area contributed by atoms with Crippen LogP contribution >= 0.6 is 11.8 Å². The summed E-state index contributed by atoms with van der Waals surface area (Å²) < 4.78 is 0. The van der Waals surface area contributed by atoms with E-state index in [1.165, 1.54) is 0 Å². The van der Waals surface area contributed by atoms with Crippen molar-refractivity contribution in [3.8, 4) is 0 Å². The molecule has 0 radical (unpaired) electrons. The predicted octanol–water partition coefficient (Wildman–Crippen LogP) is 1.08. The SMILES string of the molecule is C=C1SC=NN1C. The van der Waals surface area contributed by atoms with E-state index >= 15 is 0 Å². The van der Waals surface area contributed by atoms with Crippen molar-refractivity contribution in [2.45, 2.75) is 0 Å². The van der Waals surface area contributed by atoms with Crippen molar-refractivity contribution < 1.29 is 0 Å². The summed E-state index contributed by atoms with van der Waals surface area (Å²) in [4.78, 5) is 0. The Balaban J connectivity index is 2.62. The van der Waals surface area contributed by atoms with Gasteiger partial charge < -0.3 is 0 Å². The lowest BCUT2D eigenvalue weighted by atomic mass is 10.9. The lowest BCUT2D eigenvalue weighted by molar-refractivity contribution is 0.490. The smallest absolute Gasteiger partial charge is 0.0906 e. The number of thioether (sulfide) groups is 1. The zero-order valence-corrected chi connectivity index (χ0v) is 4.90. The summed E-state index contributed by atoms with van der Waals surface area (Å²) >= 11 is 1.55. The zero-order valence-electron chi connectivity index (χ0n) is 4.09. The molecule has 0 saturated heterocycles. The van der Waals surface area contributed by atoms with Gasteiger partial charge in [-0.05, 0) is 0 Å². The minimum Gasteiger partial charge on any atom is -0.262 e. The van der Waals surface area contributed by atoms with Gasteiger partial charge in [0.25, 0.3) is 0 Å². The molecule has 0 amide bonds. The van der Waals surface area contributed by atoms with Crippen LogP contribution in [0.25, 0.3) is 0 Å². The molecule has 0 saturated carbocycles. The van der Waals surface area contributed by atoms with Gasteiger partial charge in [0.1, 0.15) is 0 Å². The normalized spacial score (nSPS) is 19.0. The Hall–Kier alpha value is -0.440. The number of hydrogen-bond donors (Lipinski definition) is 0. The van der Waals surface area contributed by atoms with Crippen LogP contribution in [-0.4, -0.2) is 17.6 Å². The van der Waals surface area contributed by atoms with E-state index in [1.807, 2.05) is 7.05 Å². The fourth-order valence-corrected chi connectivity index (χ4v) is 0.806. The molecule has 0 unspecified atom stereocenters. The summed E-state index contributed by atoms with van der Waals surface area (Å²) in [6, 6.07) is 0. The summed E-state index contributed by atoms with van der Waals surface area (Å²) in [7, 11) is 1.87. The first kappa shape index (κ1) is 4.71. The average Bonchev–Trinajstić information content (AvgIpc) is 1.91. The highest BCUT2D eigenvalue weighted by atomic mass is 32.2. The molecule has 0 aromatic carbocycles. The van der Waals surface area contributed by atoms with Crippen molar-refractivity contribution in [2.75, 3.05) is 7.05 Å². The number of rotatable bonds is 0. The Morgan fingerprint density at radius 3 is 2.86 bits per heavy atom. The van der Waals surface area contributed by atoms with Gasteiger partial charge >= 0.3 is 0 Å². The van der Waals surface area contributed by atoms with Crippen LogP contribution < -0.4 is 0 Å². The Kier molecular flexibility index (Phi) is 1.06. The maximum atomic E-state index is 3.89. The van der Waals surface area contributed by atoms with Crippen LogP contribution in [0.3, 0.4) is 0 Å². The molecule has 0 aromatic rings. The van der Waals surface area contributed by atoms with Crippen LogP contribution in [0.1, 0.15) is 0 Å². The van der Waals surface area contributed by atoms with Gasteiger partial charge in [0, 0.05) is 7.05 Å². The molecule has 0 atom stereocenters. The molecule has 0 aliphatic carbocycles. The Morgan fingerprint density at radius 1 is 2.00 bits per heavy atom. The maximum Gasteiger partial charge on any atom is 0.0906 e. The molecule has 1 heterocycles. The summed E-state index contributed by atoms with van der Waals surface area (Å²) in [6.07, 6.45) is 0. The molecule has 3 heteroatoms. The Morgan fingerprint density at radius 2 is 2.71 bits per heavy atom. The monoisotopic (exact) mass is 114 g/mol. The summed E-state index contributed by atoms with van der Waals surface area (Å²) in [5, 5.41) is 6.62. The molecule has 0 N–H and O–H groups in total. The minimum atomic E-state index is 0.986. The van der Waals surface area contributed by atoms with Crippen molar-refractivity contribution in [1.29, 1.82) is 0 Å². The molecule has 0 bridgehead atoms. The first-order valence-corrected chi connectivity index (χ1v) is 2.80. The number of hydrogen-bond acceptors (Lipinski definition) is 3. The van der Waals surface area contributed by atoms with Gasteiger partial charge in [-0.15, -0.1) is 0 Å². The molecule has 2 nitrogen and oxygen atoms in total. The van der Waals surface area contributed by atoms with E-state index in [0.29, 0.717) is 0 Å². The van der Waals surface area contributed by atoms with Crippen molar-refractivity contribution in [2.24, 2.45) is 5.10 Å². The van der Waals surface area contributed by atoms with E-state index in [0.717, 1.165) is 5.03 Å². The topological polar surface area (TPSA) is 15.6 Å². The van der Waals surface area contributed by atoms with E-state index in [1.54, 1.807) is 22.3 Å². The van der Waals surface area contributed by atoms with Crippen LogP contribution in [-0.2, 0) is 0 Å². The standard InChI is InChI=1S/C4H6N2S/c1-4-6(2)5-3-7-4/h3H,1H2,2H3. The third kappa shape index (κ3) is 0.771. The largest absolute Gasteiger partial charge is 0.262 e. The highest BCUT2D eigenvalue weighted by Gasteiger charge is 2.02. The first-order chi connectivity index (χ1) is 3.30. The van der Waals surface area contributed by atoms with Gasteiger partial charge in [-0.2, -0.15) is 5.10 Å². The second-order valence-corrected chi connectivity index (χ2v) is 2.17. The van der Waals surface area contributed by atoms with Gasteiger partial charge in [0.05, 0.1) is 10.6 Å². The molecule has 0 aromatic heterocycles. The highest BCUT2D eigenvalue weighted by molar-refractivity contribution is 8.15. The molecular weight excluding hydrogens is 108 g/mol. The van der Waals surface area contributed by atoms with Gasteiger partial charge in [0.2, 0.25) is 0 Å². The van der Waals surface area contributed by atoms with Gasteiger partial charge in [-0.25, -0.2) is 0 Å². The van der Waals surface area contributed by atoms with Crippen molar-refractivity contribution in [3.05, 3.63) is 11.6 Å². The van der Waals surface area contributed by atoms with Gasteiger partial charge in [-0.1, -0.05) is 18.3 Å². The van der Waals surface area contributed by atoms with Gasteiger partial charge in [-0.3, -0.25) is 5.01 Å². The lowest BCUT2D eigenvalue weighted by Crippen LogP contribution is -1.99.